The normalized spacial score (nSPS) is 14.5. The lowest BCUT2D eigenvalue weighted by Gasteiger charge is -2.36. The van der Waals surface area contributed by atoms with Crippen LogP contribution in [0, 0.1) is 6.92 Å². The molecule has 1 amide bonds. The molecule has 5 nitrogen and oxygen atoms in total. The highest BCUT2D eigenvalue weighted by molar-refractivity contribution is 5.68. The number of benzene rings is 2. The first kappa shape index (κ1) is 20.0. The molecule has 0 N–H and O–H groups in total. The molecule has 0 radical (unpaired) electrons. The summed E-state index contributed by atoms with van der Waals surface area (Å²) in [6.45, 7) is 6.47. The topological polar surface area (TPSA) is 42.0 Å². The second-order valence-corrected chi connectivity index (χ2v) is 6.81. The van der Waals surface area contributed by atoms with E-state index in [1.165, 1.54) is 11.3 Å². The predicted molar refractivity (Wildman–Crippen MR) is 112 cm³/mol. The lowest BCUT2D eigenvalue weighted by molar-refractivity contribution is 0.109. The summed E-state index contributed by atoms with van der Waals surface area (Å²) in [6.07, 6.45) is 3.46. The molecule has 0 spiro atoms. The van der Waals surface area contributed by atoms with Gasteiger partial charge in [-0.25, -0.2) is 4.79 Å². The van der Waals surface area contributed by atoms with Crippen LogP contribution in [0.2, 0.25) is 0 Å². The average molecular weight is 380 g/mol. The zero-order valence-electron chi connectivity index (χ0n) is 16.4. The van der Waals surface area contributed by atoms with E-state index >= 15 is 0 Å². The summed E-state index contributed by atoms with van der Waals surface area (Å²) in [4.78, 5) is 16.3. The number of anilines is 1. The van der Waals surface area contributed by atoms with Gasteiger partial charge in [-0.15, -0.1) is 0 Å². The van der Waals surface area contributed by atoms with Gasteiger partial charge in [0.2, 0.25) is 0 Å². The summed E-state index contributed by atoms with van der Waals surface area (Å²) in [5.41, 5.74) is 3.65. The smallest absolute Gasteiger partial charge is 0.410 e. The van der Waals surface area contributed by atoms with Crippen molar-refractivity contribution in [3.8, 4) is 0 Å². The third-order valence-corrected chi connectivity index (χ3v) is 4.79. The van der Waals surface area contributed by atoms with Crippen molar-refractivity contribution < 1.29 is 14.3 Å². The van der Waals surface area contributed by atoms with Crippen LogP contribution in [0.3, 0.4) is 0 Å². The van der Waals surface area contributed by atoms with Crippen LogP contribution in [0.1, 0.15) is 11.1 Å². The van der Waals surface area contributed by atoms with Crippen molar-refractivity contribution in [1.29, 1.82) is 0 Å². The van der Waals surface area contributed by atoms with E-state index in [2.05, 4.69) is 30.0 Å². The van der Waals surface area contributed by atoms with Gasteiger partial charge in [0.1, 0.15) is 6.61 Å². The van der Waals surface area contributed by atoms with Crippen molar-refractivity contribution >= 4 is 11.8 Å². The minimum Gasteiger partial charge on any atom is -0.445 e. The molecule has 5 heteroatoms. The summed E-state index contributed by atoms with van der Waals surface area (Å²) >= 11 is 0. The molecule has 0 aromatic heterocycles. The SMILES string of the molecule is Cc1ccccc1N1CCN(C(=O)OC/C=C/COCc2ccccc2)CC1. The highest BCUT2D eigenvalue weighted by Crippen LogP contribution is 2.20. The standard InChI is InChI=1S/C23H28N2O3/c1-20-9-5-6-12-22(20)24-13-15-25(16-14-24)23(26)28-18-8-7-17-27-19-21-10-3-2-4-11-21/h2-12H,13-19H2,1H3/b8-7+. The van der Waals surface area contributed by atoms with Crippen molar-refractivity contribution in [2.24, 2.45) is 0 Å². The second-order valence-electron chi connectivity index (χ2n) is 6.81. The number of rotatable bonds is 7. The number of para-hydroxylation sites is 1. The van der Waals surface area contributed by atoms with E-state index in [4.69, 9.17) is 9.47 Å². The molecule has 28 heavy (non-hydrogen) atoms. The van der Waals surface area contributed by atoms with Gasteiger partial charge in [-0.3, -0.25) is 0 Å². The Morgan fingerprint density at radius 1 is 0.929 bits per heavy atom. The van der Waals surface area contributed by atoms with Crippen molar-refractivity contribution in [3.63, 3.8) is 0 Å². The van der Waals surface area contributed by atoms with E-state index in [9.17, 15) is 4.79 Å². The van der Waals surface area contributed by atoms with Crippen LogP contribution in [-0.4, -0.2) is 50.4 Å². The highest BCUT2D eigenvalue weighted by atomic mass is 16.6. The van der Waals surface area contributed by atoms with Gasteiger partial charge in [0.15, 0.2) is 0 Å². The van der Waals surface area contributed by atoms with Gasteiger partial charge < -0.3 is 19.3 Å². The molecule has 0 saturated carbocycles. The van der Waals surface area contributed by atoms with Crippen LogP contribution < -0.4 is 4.90 Å². The van der Waals surface area contributed by atoms with Crippen molar-refractivity contribution in [2.45, 2.75) is 13.5 Å². The van der Waals surface area contributed by atoms with E-state index < -0.39 is 0 Å². The molecular formula is C23H28N2O3. The van der Waals surface area contributed by atoms with Crippen LogP contribution in [0.15, 0.2) is 66.7 Å². The van der Waals surface area contributed by atoms with Gasteiger partial charge in [-0.2, -0.15) is 0 Å². The van der Waals surface area contributed by atoms with E-state index in [1.807, 2.05) is 48.6 Å². The van der Waals surface area contributed by atoms with Gasteiger partial charge in [0, 0.05) is 31.9 Å². The first-order valence-corrected chi connectivity index (χ1v) is 9.73. The molecule has 0 atom stereocenters. The number of hydrogen-bond acceptors (Lipinski definition) is 4. The van der Waals surface area contributed by atoms with Crippen molar-refractivity contribution in [1.82, 2.24) is 4.90 Å². The van der Waals surface area contributed by atoms with Gasteiger partial charge in [0.25, 0.3) is 0 Å². The summed E-state index contributed by atoms with van der Waals surface area (Å²) in [5.74, 6) is 0. The largest absolute Gasteiger partial charge is 0.445 e. The van der Waals surface area contributed by atoms with Gasteiger partial charge in [-0.1, -0.05) is 54.6 Å². The molecule has 0 aliphatic carbocycles. The first-order valence-electron chi connectivity index (χ1n) is 9.73. The van der Waals surface area contributed by atoms with E-state index in [1.54, 1.807) is 4.90 Å². The number of nitrogens with zero attached hydrogens (tertiary/aromatic N) is 2. The molecule has 1 aliphatic rings. The Morgan fingerprint density at radius 2 is 1.61 bits per heavy atom. The zero-order valence-corrected chi connectivity index (χ0v) is 16.4. The number of carbonyl (C=O) groups excluding carboxylic acids is 1. The molecule has 1 fully saturated rings. The Bertz CT molecular complexity index is 768. The molecule has 1 heterocycles. The average Bonchev–Trinajstić information content (AvgIpc) is 2.74. The number of aryl methyl sites for hydroxylation is 1. The number of amides is 1. The van der Waals surface area contributed by atoms with Crippen LogP contribution in [0.25, 0.3) is 0 Å². The van der Waals surface area contributed by atoms with Crippen molar-refractivity contribution in [2.75, 3.05) is 44.3 Å². The fourth-order valence-corrected chi connectivity index (χ4v) is 3.21. The summed E-state index contributed by atoms with van der Waals surface area (Å²) < 4.78 is 10.9. The highest BCUT2D eigenvalue weighted by Gasteiger charge is 2.22. The summed E-state index contributed by atoms with van der Waals surface area (Å²) in [6, 6.07) is 18.4. The van der Waals surface area contributed by atoms with E-state index in [0.29, 0.717) is 26.3 Å². The molecular weight excluding hydrogens is 352 g/mol. The Kier molecular flexibility index (Phi) is 7.50. The Morgan fingerprint density at radius 3 is 2.36 bits per heavy atom. The van der Waals surface area contributed by atoms with Crippen LogP contribution in [0.5, 0.6) is 0 Å². The molecule has 1 aliphatic heterocycles. The van der Waals surface area contributed by atoms with Gasteiger partial charge >= 0.3 is 6.09 Å². The quantitative estimate of drug-likeness (QED) is 0.537. The predicted octanol–water partition coefficient (Wildman–Crippen LogP) is 4.03. The van der Waals surface area contributed by atoms with Gasteiger partial charge in [-0.05, 0) is 30.2 Å². The Hall–Kier alpha value is -2.79. The first-order chi connectivity index (χ1) is 13.7. The molecule has 148 valence electrons. The Balaban J connectivity index is 1.31. The molecule has 2 aromatic carbocycles. The van der Waals surface area contributed by atoms with Gasteiger partial charge in [0.05, 0.1) is 13.2 Å². The summed E-state index contributed by atoms with van der Waals surface area (Å²) in [7, 11) is 0. The third kappa shape index (κ3) is 5.86. The minimum absolute atomic E-state index is 0.251. The molecule has 0 unspecified atom stereocenters. The Labute approximate surface area is 167 Å². The number of hydrogen-bond donors (Lipinski definition) is 0. The molecule has 0 bridgehead atoms. The maximum Gasteiger partial charge on any atom is 0.410 e. The number of ether oxygens (including phenoxy) is 2. The van der Waals surface area contributed by atoms with Crippen LogP contribution in [0.4, 0.5) is 10.5 Å². The number of carbonyl (C=O) groups is 1. The van der Waals surface area contributed by atoms with Crippen LogP contribution >= 0.6 is 0 Å². The zero-order chi connectivity index (χ0) is 19.6. The fourth-order valence-electron chi connectivity index (χ4n) is 3.21. The van der Waals surface area contributed by atoms with E-state index in [-0.39, 0.29) is 12.7 Å². The number of piperazine rings is 1. The maximum absolute atomic E-state index is 12.2. The minimum atomic E-state index is -0.251. The molecule has 2 aromatic rings. The molecule has 3 rings (SSSR count). The van der Waals surface area contributed by atoms with Crippen LogP contribution in [-0.2, 0) is 16.1 Å². The lowest BCUT2D eigenvalue weighted by Crippen LogP contribution is -2.49. The molecule has 1 saturated heterocycles. The second kappa shape index (κ2) is 10.5. The summed E-state index contributed by atoms with van der Waals surface area (Å²) in [5, 5.41) is 0. The van der Waals surface area contributed by atoms with Crippen molar-refractivity contribution in [3.05, 3.63) is 77.9 Å². The van der Waals surface area contributed by atoms with E-state index in [0.717, 1.165) is 18.7 Å². The fraction of sp³-hybridized carbons (Fsp3) is 0.348. The maximum atomic E-state index is 12.2. The lowest BCUT2D eigenvalue weighted by atomic mass is 10.1. The third-order valence-electron chi connectivity index (χ3n) is 4.79. The monoisotopic (exact) mass is 380 g/mol.